The van der Waals surface area contributed by atoms with Crippen molar-refractivity contribution >= 4 is 34.5 Å². The Morgan fingerprint density at radius 3 is 2.12 bits per heavy atom. The van der Waals surface area contributed by atoms with Crippen LogP contribution in [0.5, 0.6) is 0 Å². The monoisotopic (exact) mass is 325 g/mol. The van der Waals surface area contributed by atoms with Crippen LogP contribution in [0.15, 0.2) is 42.0 Å². The summed E-state index contributed by atoms with van der Waals surface area (Å²) < 4.78 is 10.2. The highest BCUT2D eigenvalue weighted by atomic mass is 16.7. The number of hydrogen-bond donors (Lipinski definition) is 0. The molecule has 0 N–H and O–H groups in total. The summed E-state index contributed by atoms with van der Waals surface area (Å²) in [5, 5.41) is 2.10. The minimum atomic E-state index is -1.22. The fourth-order valence-electron chi connectivity index (χ4n) is 2.56. The maximum Gasteiger partial charge on any atom is 0.348 e. The molecule has 5 heteroatoms. The second kappa shape index (κ2) is 5.67. The van der Waals surface area contributed by atoms with Gasteiger partial charge in [0.25, 0.3) is 5.79 Å². The molecule has 1 aliphatic heterocycles. The number of hydrogen-bond acceptors (Lipinski definition) is 5. The normalized spacial score (nSPS) is 16.6. The van der Waals surface area contributed by atoms with Gasteiger partial charge in [0.05, 0.1) is 0 Å². The third-order valence-electron chi connectivity index (χ3n) is 3.79. The van der Waals surface area contributed by atoms with Crippen LogP contribution in [0.2, 0.25) is 0 Å². The van der Waals surface area contributed by atoms with Gasteiger partial charge in [-0.2, -0.15) is 0 Å². The molecular formula is C19H19NO4. The molecule has 0 spiro atoms. The van der Waals surface area contributed by atoms with Gasteiger partial charge >= 0.3 is 11.9 Å². The van der Waals surface area contributed by atoms with E-state index in [1.807, 2.05) is 49.3 Å². The molecule has 2 aromatic rings. The molecule has 3 rings (SSSR count). The lowest BCUT2D eigenvalue weighted by molar-refractivity contribution is -0.222. The van der Waals surface area contributed by atoms with E-state index >= 15 is 0 Å². The molecule has 1 aliphatic rings. The van der Waals surface area contributed by atoms with Gasteiger partial charge in [-0.25, -0.2) is 9.59 Å². The predicted octanol–water partition coefficient (Wildman–Crippen LogP) is 3.13. The van der Waals surface area contributed by atoms with E-state index < -0.39 is 17.7 Å². The van der Waals surface area contributed by atoms with Crippen LogP contribution in [0.1, 0.15) is 19.4 Å². The molecular weight excluding hydrogens is 306 g/mol. The molecule has 1 heterocycles. The maximum atomic E-state index is 12.0. The van der Waals surface area contributed by atoms with Crippen molar-refractivity contribution in [3.05, 3.63) is 47.5 Å². The van der Waals surface area contributed by atoms with Crippen LogP contribution in [-0.4, -0.2) is 31.8 Å². The van der Waals surface area contributed by atoms with Crippen molar-refractivity contribution in [2.24, 2.45) is 0 Å². The van der Waals surface area contributed by atoms with E-state index in [-0.39, 0.29) is 5.57 Å². The Balaban J connectivity index is 1.97. The van der Waals surface area contributed by atoms with E-state index in [4.69, 9.17) is 9.47 Å². The quantitative estimate of drug-likeness (QED) is 0.482. The zero-order valence-electron chi connectivity index (χ0n) is 14.1. The van der Waals surface area contributed by atoms with Crippen molar-refractivity contribution in [2.45, 2.75) is 19.6 Å². The Bertz CT molecular complexity index is 843. The van der Waals surface area contributed by atoms with Crippen LogP contribution < -0.4 is 4.90 Å². The lowest BCUT2D eigenvalue weighted by Crippen LogP contribution is -2.41. The summed E-state index contributed by atoms with van der Waals surface area (Å²) in [7, 11) is 3.98. The molecule has 5 nitrogen and oxygen atoms in total. The van der Waals surface area contributed by atoms with E-state index in [9.17, 15) is 9.59 Å². The molecule has 0 unspecified atom stereocenters. The van der Waals surface area contributed by atoms with E-state index in [0.717, 1.165) is 22.0 Å². The third kappa shape index (κ3) is 3.11. The van der Waals surface area contributed by atoms with Crippen molar-refractivity contribution in [2.75, 3.05) is 19.0 Å². The minimum Gasteiger partial charge on any atom is -0.419 e. The maximum absolute atomic E-state index is 12.0. The third-order valence-corrected chi connectivity index (χ3v) is 3.79. The van der Waals surface area contributed by atoms with Crippen LogP contribution in [0, 0.1) is 0 Å². The van der Waals surface area contributed by atoms with E-state index in [2.05, 4.69) is 6.07 Å². The number of rotatable bonds is 2. The topological polar surface area (TPSA) is 55.8 Å². The number of anilines is 1. The first kappa shape index (κ1) is 16.1. The first-order chi connectivity index (χ1) is 11.2. The zero-order chi connectivity index (χ0) is 17.5. The second-order valence-electron chi connectivity index (χ2n) is 6.42. The average Bonchev–Trinajstić information content (AvgIpc) is 2.49. The number of esters is 2. The van der Waals surface area contributed by atoms with Gasteiger partial charge in [-0.3, -0.25) is 0 Å². The lowest BCUT2D eigenvalue weighted by Gasteiger charge is -2.29. The molecule has 0 saturated carbocycles. The Hall–Kier alpha value is -2.82. The number of cyclic esters (lactones) is 2. The van der Waals surface area contributed by atoms with Crippen LogP contribution in [-0.2, 0) is 19.1 Å². The summed E-state index contributed by atoms with van der Waals surface area (Å²) in [6.07, 6.45) is 1.50. The molecule has 124 valence electrons. The number of fused-ring (bicyclic) bond motifs is 1. The molecule has 0 atom stereocenters. The number of nitrogens with zero attached hydrogens (tertiary/aromatic N) is 1. The number of carbonyl (C=O) groups excluding carboxylic acids is 2. The zero-order valence-corrected chi connectivity index (χ0v) is 14.1. The van der Waals surface area contributed by atoms with Crippen LogP contribution in [0.3, 0.4) is 0 Å². The fraction of sp³-hybridized carbons (Fsp3) is 0.263. The van der Waals surface area contributed by atoms with Crippen molar-refractivity contribution in [3.63, 3.8) is 0 Å². The molecule has 0 amide bonds. The molecule has 1 fully saturated rings. The summed E-state index contributed by atoms with van der Waals surface area (Å²) in [5.74, 6) is -2.56. The van der Waals surface area contributed by atoms with E-state index in [0.29, 0.717) is 0 Å². The summed E-state index contributed by atoms with van der Waals surface area (Å²) in [5.41, 5.74) is 1.75. The van der Waals surface area contributed by atoms with Gasteiger partial charge in [0.1, 0.15) is 5.57 Å². The van der Waals surface area contributed by atoms with Crippen LogP contribution >= 0.6 is 0 Å². The average molecular weight is 325 g/mol. The molecule has 0 bridgehead atoms. The van der Waals surface area contributed by atoms with Crippen LogP contribution in [0.4, 0.5) is 5.69 Å². The Morgan fingerprint density at radius 1 is 0.917 bits per heavy atom. The van der Waals surface area contributed by atoms with Crippen molar-refractivity contribution in [1.29, 1.82) is 0 Å². The minimum absolute atomic E-state index is 0.0985. The number of ether oxygens (including phenoxy) is 2. The van der Waals surface area contributed by atoms with E-state index in [1.165, 1.54) is 19.9 Å². The van der Waals surface area contributed by atoms with Gasteiger partial charge in [-0.1, -0.05) is 18.2 Å². The summed E-state index contributed by atoms with van der Waals surface area (Å²) in [4.78, 5) is 26.1. The number of carbonyl (C=O) groups is 2. The molecule has 0 aliphatic carbocycles. The van der Waals surface area contributed by atoms with Crippen molar-refractivity contribution in [1.82, 2.24) is 0 Å². The first-order valence-corrected chi connectivity index (χ1v) is 7.65. The second-order valence-corrected chi connectivity index (χ2v) is 6.42. The van der Waals surface area contributed by atoms with Crippen LogP contribution in [0.25, 0.3) is 16.8 Å². The first-order valence-electron chi connectivity index (χ1n) is 7.65. The Labute approximate surface area is 140 Å². The van der Waals surface area contributed by atoms with Gasteiger partial charge in [0.2, 0.25) is 0 Å². The van der Waals surface area contributed by atoms with Crippen molar-refractivity contribution in [3.8, 4) is 0 Å². The van der Waals surface area contributed by atoms with Crippen molar-refractivity contribution < 1.29 is 19.1 Å². The smallest absolute Gasteiger partial charge is 0.348 e. The molecule has 24 heavy (non-hydrogen) atoms. The molecule has 0 radical (unpaired) electrons. The largest absolute Gasteiger partial charge is 0.419 e. The summed E-state index contributed by atoms with van der Waals surface area (Å²) in [6.45, 7) is 3.05. The highest BCUT2D eigenvalue weighted by Gasteiger charge is 2.38. The van der Waals surface area contributed by atoms with Gasteiger partial charge < -0.3 is 14.4 Å². The Morgan fingerprint density at radius 2 is 1.50 bits per heavy atom. The van der Waals surface area contributed by atoms with Gasteiger partial charge in [0, 0.05) is 33.6 Å². The molecule has 0 aromatic heterocycles. The van der Waals surface area contributed by atoms with Gasteiger partial charge in [-0.05, 0) is 40.6 Å². The lowest BCUT2D eigenvalue weighted by atomic mass is 10.0. The Kier molecular flexibility index (Phi) is 3.79. The van der Waals surface area contributed by atoms with Gasteiger partial charge in [-0.15, -0.1) is 0 Å². The number of benzene rings is 2. The summed E-state index contributed by atoms with van der Waals surface area (Å²) in [6, 6.07) is 11.8. The highest BCUT2D eigenvalue weighted by Crippen LogP contribution is 2.26. The highest BCUT2D eigenvalue weighted by molar-refractivity contribution is 6.19. The van der Waals surface area contributed by atoms with E-state index in [1.54, 1.807) is 0 Å². The SMILES string of the molecule is CN(C)c1ccc2cc(C=C3C(=O)OC(C)(C)OC3=O)ccc2c1. The molecule has 1 saturated heterocycles. The fourth-order valence-corrected chi connectivity index (χ4v) is 2.56. The predicted molar refractivity (Wildman–Crippen MR) is 92.5 cm³/mol. The summed E-state index contributed by atoms with van der Waals surface area (Å²) >= 11 is 0. The standard InChI is InChI=1S/C19H19NO4/c1-19(2)23-17(21)16(18(22)24-19)10-12-5-6-14-11-15(20(3)4)8-7-13(14)9-12/h5-11H,1-4H3. The van der Waals surface area contributed by atoms with Gasteiger partial charge in [0.15, 0.2) is 0 Å². The molecule has 2 aromatic carbocycles.